The number of nitrogens with one attached hydrogen (secondary N) is 2. The zero-order valence-corrected chi connectivity index (χ0v) is 16.1. The molecule has 27 heavy (non-hydrogen) atoms. The highest BCUT2D eigenvalue weighted by Crippen LogP contribution is 2.33. The summed E-state index contributed by atoms with van der Waals surface area (Å²) in [6.45, 7) is 3.29. The second-order valence-corrected chi connectivity index (χ2v) is 6.58. The first-order chi connectivity index (χ1) is 13.2. The van der Waals surface area contributed by atoms with E-state index in [-0.39, 0.29) is 18.0 Å². The number of rotatable bonds is 7. The van der Waals surface area contributed by atoms with E-state index in [9.17, 15) is 4.79 Å². The third-order valence-electron chi connectivity index (χ3n) is 4.93. The van der Waals surface area contributed by atoms with Crippen LogP contribution in [0.15, 0.2) is 48.5 Å². The van der Waals surface area contributed by atoms with E-state index >= 15 is 0 Å². The van der Waals surface area contributed by atoms with E-state index in [1.165, 1.54) is 0 Å². The Labute approximate surface area is 160 Å². The zero-order chi connectivity index (χ0) is 19.2. The van der Waals surface area contributed by atoms with Crippen LogP contribution in [0.4, 0.5) is 0 Å². The lowest BCUT2D eigenvalue weighted by Gasteiger charge is -2.24. The van der Waals surface area contributed by atoms with E-state index in [1.807, 2.05) is 60.4 Å². The van der Waals surface area contributed by atoms with Gasteiger partial charge in [-0.25, -0.2) is 10.9 Å². The van der Waals surface area contributed by atoms with Crippen LogP contribution in [0.2, 0.25) is 0 Å². The minimum Gasteiger partial charge on any atom is -0.497 e. The second-order valence-electron chi connectivity index (χ2n) is 6.58. The van der Waals surface area contributed by atoms with Crippen LogP contribution in [0, 0.1) is 0 Å². The first-order valence-electron chi connectivity index (χ1n) is 9.22. The van der Waals surface area contributed by atoms with Crippen LogP contribution >= 0.6 is 0 Å². The normalized spacial score (nSPS) is 18.9. The van der Waals surface area contributed by atoms with Gasteiger partial charge in [-0.1, -0.05) is 36.4 Å². The summed E-state index contributed by atoms with van der Waals surface area (Å²) in [5.41, 5.74) is 8.54. The zero-order valence-electron chi connectivity index (χ0n) is 16.1. The summed E-state index contributed by atoms with van der Waals surface area (Å²) < 4.78 is 10.8. The van der Waals surface area contributed by atoms with E-state index in [0.29, 0.717) is 19.5 Å². The maximum absolute atomic E-state index is 13.0. The Hall–Kier alpha value is -2.57. The van der Waals surface area contributed by atoms with Gasteiger partial charge in [-0.3, -0.25) is 4.79 Å². The molecule has 1 saturated heterocycles. The van der Waals surface area contributed by atoms with Crippen molar-refractivity contribution < 1.29 is 14.3 Å². The van der Waals surface area contributed by atoms with Crippen molar-refractivity contribution in [1.82, 2.24) is 15.8 Å². The van der Waals surface area contributed by atoms with Gasteiger partial charge in [-0.15, -0.1) is 0 Å². The van der Waals surface area contributed by atoms with Crippen molar-refractivity contribution in [2.45, 2.75) is 32.0 Å². The van der Waals surface area contributed by atoms with E-state index in [4.69, 9.17) is 9.47 Å². The average molecular weight is 369 g/mol. The SMILES string of the molecule is CCN(Cc1ccccc1)C(=O)C1CC(c2ccc(OC)cc2OC)NN1. The van der Waals surface area contributed by atoms with Crippen molar-refractivity contribution in [2.75, 3.05) is 20.8 Å². The largest absolute Gasteiger partial charge is 0.497 e. The molecule has 0 aromatic heterocycles. The van der Waals surface area contributed by atoms with Gasteiger partial charge in [0.2, 0.25) is 5.91 Å². The van der Waals surface area contributed by atoms with Crippen LogP contribution in [0.5, 0.6) is 11.5 Å². The molecule has 1 amide bonds. The van der Waals surface area contributed by atoms with Gasteiger partial charge in [0.1, 0.15) is 17.5 Å². The Balaban J connectivity index is 1.68. The fourth-order valence-corrected chi connectivity index (χ4v) is 3.40. The van der Waals surface area contributed by atoms with Crippen molar-refractivity contribution in [3.8, 4) is 11.5 Å². The fraction of sp³-hybridized carbons (Fsp3) is 0.381. The number of amides is 1. The van der Waals surface area contributed by atoms with Gasteiger partial charge in [0.05, 0.1) is 20.3 Å². The second kappa shape index (κ2) is 8.88. The molecule has 0 saturated carbocycles. The molecule has 1 aliphatic rings. The van der Waals surface area contributed by atoms with Crippen molar-refractivity contribution in [2.24, 2.45) is 0 Å². The third-order valence-corrected chi connectivity index (χ3v) is 4.93. The van der Waals surface area contributed by atoms with Crippen LogP contribution < -0.4 is 20.3 Å². The molecule has 2 N–H and O–H groups in total. The number of hydrazine groups is 1. The summed E-state index contributed by atoms with van der Waals surface area (Å²) in [6, 6.07) is 15.5. The maximum Gasteiger partial charge on any atom is 0.241 e. The van der Waals surface area contributed by atoms with E-state index in [0.717, 1.165) is 22.6 Å². The predicted octanol–water partition coefficient (Wildman–Crippen LogP) is 2.66. The molecular weight excluding hydrogens is 342 g/mol. The highest BCUT2D eigenvalue weighted by atomic mass is 16.5. The number of ether oxygens (including phenoxy) is 2. The number of benzene rings is 2. The van der Waals surface area contributed by atoms with Crippen molar-refractivity contribution in [3.63, 3.8) is 0 Å². The Morgan fingerprint density at radius 2 is 1.89 bits per heavy atom. The highest BCUT2D eigenvalue weighted by Gasteiger charge is 2.33. The van der Waals surface area contributed by atoms with E-state index in [1.54, 1.807) is 14.2 Å². The lowest BCUT2D eigenvalue weighted by Crippen LogP contribution is -2.45. The summed E-state index contributed by atoms with van der Waals surface area (Å²) in [6.07, 6.45) is 0.660. The monoisotopic (exact) mass is 369 g/mol. The molecule has 6 nitrogen and oxygen atoms in total. The van der Waals surface area contributed by atoms with E-state index in [2.05, 4.69) is 10.9 Å². The highest BCUT2D eigenvalue weighted by molar-refractivity contribution is 5.82. The van der Waals surface area contributed by atoms with Gasteiger partial charge >= 0.3 is 0 Å². The summed E-state index contributed by atoms with van der Waals surface area (Å²) in [5, 5.41) is 0. The summed E-state index contributed by atoms with van der Waals surface area (Å²) in [5.74, 6) is 1.59. The predicted molar refractivity (Wildman–Crippen MR) is 104 cm³/mol. The number of nitrogens with zero attached hydrogens (tertiary/aromatic N) is 1. The number of methoxy groups -OCH3 is 2. The molecule has 0 radical (unpaired) electrons. The summed E-state index contributed by atoms with van der Waals surface area (Å²) >= 11 is 0. The molecule has 1 aliphatic heterocycles. The molecule has 1 fully saturated rings. The molecule has 0 bridgehead atoms. The minimum atomic E-state index is -0.273. The summed E-state index contributed by atoms with van der Waals surface area (Å²) in [4.78, 5) is 14.9. The Bertz CT molecular complexity index is 767. The summed E-state index contributed by atoms with van der Waals surface area (Å²) in [7, 11) is 3.27. The quantitative estimate of drug-likeness (QED) is 0.786. The molecule has 144 valence electrons. The van der Waals surface area contributed by atoms with Gasteiger partial charge < -0.3 is 14.4 Å². The van der Waals surface area contributed by atoms with Gasteiger partial charge in [0.15, 0.2) is 0 Å². The third kappa shape index (κ3) is 4.40. The number of carbonyl (C=O) groups is 1. The van der Waals surface area contributed by atoms with Gasteiger partial charge in [-0.2, -0.15) is 0 Å². The van der Waals surface area contributed by atoms with Gasteiger partial charge in [0.25, 0.3) is 0 Å². The maximum atomic E-state index is 13.0. The topological polar surface area (TPSA) is 62.8 Å². The first kappa shape index (κ1) is 19.2. The molecule has 2 atom stereocenters. The average Bonchev–Trinajstić information content (AvgIpc) is 3.21. The van der Waals surface area contributed by atoms with Crippen LogP contribution in [0.3, 0.4) is 0 Å². The number of hydrogen-bond acceptors (Lipinski definition) is 5. The van der Waals surface area contributed by atoms with Crippen molar-refractivity contribution in [1.29, 1.82) is 0 Å². The molecule has 0 spiro atoms. The van der Waals surface area contributed by atoms with Crippen LogP contribution in [0.25, 0.3) is 0 Å². The molecule has 3 rings (SSSR count). The molecule has 0 aliphatic carbocycles. The van der Waals surface area contributed by atoms with Gasteiger partial charge in [0, 0.05) is 24.7 Å². The Morgan fingerprint density at radius 3 is 2.56 bits per heavy atom. The fourth-order valence-electron chi connectivity index (χ4n) is 3.40. The lowest BCUT2D eigenvalue weighted by molar-refractivity contribution is -0.133. The lowest BCUT2D eigenvalue weighted by atomic mass is 10.00. The number of carbonyl (C=O) groups excluding carboxylic acids is 1. The first-order valence-corrected chi connectivity index (χ1v) is 9.22. The smallest absolute Gasteiger partial charge is 0.241 e. The number of hydrogen-bond donors (Lipinski definition) is 2. The molecule has 6 heteroatoms. The standard InChI is InChI=1S/C21H27N3O3/c1-4-24(14-15-8-6-5-7-9-15)21(25)19-13-18(22-23-19)17-11-10-16(26-2)12-20(17)27-3/h5-12,18-19,22-23H,4,13-14H2,1-3H3. The molecule has 1 heterocycles. The van der Waals surface area contributed by atoms with Crippen LogP contribution in [-0.2, 0) is 11.3 Å². The Kier molecular flexibility index (Phi) is 6.32. The molecule has 2 aromatic carbocycles. The molecule has 2 unspecified atom stereocenters. The van der Waals surface area contributed by atoms with E-state index < -0.39 is 0 Å². The molecular formula is C21H27N3O3. The molecule has 2 aromatic rings. The minimum absolute atomic E-state index is 0.00441. The van der Waals surface area contributed by atoms with Crippen LogP contribution in [0.1, 0.15) is 30.5 Å². The van der Waals surface area contributed by atoms with Gasteiger partial charge in [-0.05, 0) is 25.0 Å². The van der Waals surface area contributed by atoms with Crippen LogP contribution in [-0.4, -0.2) is 37.6 Å². The van der Waals surface area contributed by atoms with Crippen molar-refractivity contribution in [3.05, 3.63) is 59.7 Å². The van der Waals surface area contributed by atoms with Crippen molar-refractivity contribution >= 4 is 5.91 Å². The Morgan fingerprint density at radius 1 is 1.11 bits per heavy atom. The number of likely N-dealkylation sites (N-methyl/N-ethyl adjacent to an activating group) is 1.